The van der Waals surface area contributed by atoms with E-state index >= 15 is 0 Å². The van der Waals surface area contributed by atoms with Gasteiger partial charge < -0.3 is 10.5 Å². The first-order valence-electron chi connectivity index (χ1n) is 5.90. The Kier molecular flexibility index (Phi) is 3.94. The lowest BCUT2D eigenvalue weighted by Crippen LogP contribution is -2.07. The first kappa shape index (κ1) is 12.8. The number of aryl methyl sites for hydroxylation is 1. The summed E-state index contributed by atoms with van der Waals surface area (Å²) in [5.41, 5.74) is 7.10. The predicted molar refractivity (Wildman–Crippen MR) is 71.5 cm³/mol. The second-order valence-electron chi connectivity index (χ2n) is 4.11. The van der Waals surface area contributed by atoms with Crippen LogP contribution in [0.25, 0.3) is 0 Å². The van der Waals surface area contributed by atoms with E-state index in [1.807, 2.05) is 37.3 Å². The average Bonchev–Trinajstić information content (AvgIpc) is 2.41. The van der Waals surface area contributed by atoms with E-state index in [2.05, 4.69) is 9.97 Å². The van der Waals surface area contributed by atoms with E-state index in [1.54, 1.807) is 0 Å². The number of ether oxygens (including phenoxy) is 1. The van der Waals surface area contributed by atoms with Crippen LogP contribution in [0.15, 0.2) is 30.5 Å². The molecule has 5 nitrogen and oxygen atoms in total. The van der Waals surface area contributed by atoms with Crippen molar-refractivity contribution in [3.8, 4) is 11.8 Å². The molecule has 1 heterocycles. The quantitative estimate of drug-likeness (QED) is 0.900. The number of aromatic nitrogens is 2. The molecule has 0 atom stereocenters. The van der Waals surface area contributed by atoms with Crippen LogP contribution in [-0.2, 0) is 6.42 Å². The van der Waals surface area contributed by atoms with Gasteiger partial charge in [0.25, 0.3) is 0 Å². The highest BCUT2D eigenvalue weighted by Gasteiger charge is 2.03. The van der Waals surface area contributed by atoms with Crippen LogP contribution < -0.4 is 10.5 Å². The lowest BCUT2D eigenvalue weighted by Gasteiger charge is -2.06. The van der Waals surface area contributed by atoms with Gasteiger partial charge in [-0.1, -0.05) is 17.7 Å². The highest BCUT2D eigenvalue weighted by Crippen LogP contribution is 2.12. The zero-order valence-electron chi connectivity index (χ0n) is 10.6. The summed E-state index contributed by atoms with van der Waals surface area (Å²) in [4.78, 5) is 8.12. The van der Waals surface area contributed by atoms with Crippen molar-refractivity contribution in [2.24, 2.45) is 0 Å². The van der Waals surface area contributed by atoms with Gasteiger partial charge >= 0.3 is 0 Å². The van der Waals surface area contributed by atoms with Gasteiger partial charge in [-0.2, -0.15) is 5.26 Å². The maximum absolute atomic E-state index is 8.72. The van der Waals surface area contributed by atoms with Crippen molar-refractivity contribution in [3.05, 3.63) is 47.4 Å². The Morgan fingerprint density at radius 1 is 1.32 bits per heavy atom. The fourth-order valence-corrected chi connectivity index (χ4v) is 1.53. The van der Waals surface area contributed by atoms with Crippen molar-refractivity contribution in [3.63, 3.8) is 0 Å². The summed E-state index contributed by atoms with van der Waals surface area (Å²) in [5, 5.41) is 8.72. The van der Waals surface area contributed by atoms with Crippen LogP contribution >= 0.6 is 0 Å². The first-order valence-corrected chi connectivity index (χ1v) is 5.90. The van der Waals surface area contributed by atoms with E-state index < -0.39 is 0 Å². The fraction of sp³-hybridized carbons (Fsp3) is 0.214. The van der Waals surface area contributed by atoms with Crippen LogP contribution in [0.2, 0.25) is 0 Å². The van der Waals surface area contributed by atoms with E-state index in [0.717, 1.165) is 5.75 Å². The smallest absolute Gasteiger partial charge is 0.145 e. The fourth-order valence-electron chi connectivity index (χ4n) is 1.53. The Morgan fingerprint density at radius 3 is 2.68 bits per heavy atom. The summed E-state index contributed by atoms with van der Waals surface area (Å²) in [5.74, 6) is 1.60. The van der Waals surface area contributed by atoms with Crippen molar-refractivity contribution in [2.75, 3.05) is 12.3 Å². The molecule has 0 spiro atoms. The molecule has 0 aliphatic heterocycles. The molecule has 96 valence electrons. The Morgan fingerprint density at radius 2 is 2.05 bits per heavy atom. The molecule has 1 aromatic heterocycles. The second kappa shape index (κ2) is 5.83. The molecule has 0 amide bonds. The Bertz CT molecular complexity index is 602. The van der Waals surface area contributed by atoms with Crippen molar-refractivity contribution >= 4 is 5.82 Å². The number of rotatable bonds is 4. The largest absolute Gasteiger partial charge is 0.493 e. The zero-order valence-corrected chi connectivity index (χ0v) is 10.6. The van der Waals surface area contributed by atoms with E-state index in [0.29, 0.717) is 24.4 Å². The predicted octanol–water partition coefficient (Wildman–Crippen LogP) is 1.86. The van der Waals surface area contributed by atoms with E-state index in [4.69, 9.17) is 15.7 Å². The zero-order chi connectivity index (χ0) is 13.7. The molecule has 0 aliphatic rings. The normalized spacial score (nSPS) is 9.89. The van der Waals surface area contributed by atoms with Crippen LogP contribution in [-0.4, -0.2) is 16.6 Å². The maximum atomic E-state index is 8.72. The average molecular weight is 254 g/mol. The molecule has 0 unspecified atom stereocenters. The summed E-state index contributed by atoms with van der Waals surface area (Å²) in [6.07, 6.45) is 1.98. The maximum Gasteiger partial charge on any atom is 0.145 e. The number of nitrogens with zero attached hydrogens (tertiary/aromatic N) is 3. The van der Waals surface area contributed by atoms with Gasteiger partial charge in [-0.25, -0.2) is 9.97 Å². The molecular weight excluding hydrogens is 240 g/mol. The standard InChI is InChI=1S/C14H14N4O/c1-10-2-4-12(5-3-10)19-7-6-13-17-9-11(8-15)14(16)18-13/h2-5,9H,6-7H2,1H3,(H2,16,17,18). The SMILES string of the molecule is Cc1ccc(OCCc2ncc(C#N)c(N)n2)cc1. The van der Waals surface area contributed by atoms with Gasteiger partial charge in [0.15, 0.2) is 0 Å². The van der Waals surface area contributed by atoms with Crippen molar-refractivity contribution in [1.82, 2.24) is 9.97 Å². The van der Waals surface area contributed by atoms with Crippen molar-refractivity contribution in [2.45, 2.75) is 13.3 Å². The Balaban J connectivity index is 1.91. The number of nitrogens with two attached hydrogens (primary N) is 1. The minimum Gasteiger partial charge on any atom is -0.493 e. The lowest BCUT2D eigenvalue weighted by atomic mass is 10.2. The molecule has 1 aromatic carbocycles. The highest BCUT2D eigenvalue weighted by atomic mass is 16.5. The minimum atomic E-state index is 0.211. The number of anilines is 1. The molecule has 0 saturated heterocycles. The summed E-state index contributed by atoms with van der Waals surface area (Å²) < 4.78 is 5.58. The summed E-state index contributed by atoms with van der Waals surface area (Å²) in [7, 11) is 0. The Hall–Kier alpha value is -2.61. The molecule has 5 heteroatoms. The van der Waals surface area contributed by atoms with Crippen LogP contribution in [0.5, 0.6) is 5.75 Å². The summed E-state index contributed by atoms with van der Waals surface area (Å²) in [6.45, 7) is 2.49. The summed E-state index contributed by atoms with van der Waals surface area (Å²) >= 11 is 0. The van der Waals surface area contributed by atoms with E-state index in [1.165, 1.54) is 11.8 Å². The van der Waals surface area contributed by atoms with Gasteiger partial charge in [-0.05, 0) is 19.1 Å². The molecule has 2 N–H and O–H groups in total. The molecule has 0 fully saturated rings. The molecule has 0 bridgehead atoms. The molecule has 2 aromatic rings. The number of nitrogen functional groups attached to an aromatic ring is 1. The van der Waals surface area contributed by atoms with E-state index in [-0.39, 0.29) is 5.82 Å². The number of benzene rings is 1. The third kappa shape index (κ3) is 3.42. The lowest BCUT2D eigenvalue weighted by molar-refractivity contribution is 0.319. The number of nitriles is 1. The van der Waals surface area contributed by atoms with Crippen LogP contribution in [0.3, 0.4) is 0 Å². The van der Waals surface area contributed by atoms with Gasteiger partial charge in [0, 0.05) is 6.42 Å². The number of hydrogen-bond acceptors (Lipinski definition) is 5. The third-order valence-electron chi connectivity index (χ3n) is 2.60. The molecular formula is C14H14N4O. The number of hydrogen-bond donors (Lipinski definition) is 1. The second-order valence-corrected chi connectivity index (χ2v) is 4.11. The first-order chi connectivity index (χ1) is 9.19. The molecule has 2 rings (SSSR count). The van der Waals surface area contributed by atoms with Crippen LogP contribution in [0.4, 0.5) is 5.82 Å². The van der Waals surface area contributed by atoms with Gasteiger partial charge in [0.2, 0.25) is 0 Å². The van der Waals surface area contributed by atoms with Gasteiger partial charge in [-0.3, -0.25) is 0 Å². The van der Waals surface area contributed by atoms with Crippen molar-refractivity contribution < 1.29 is 4.74 Å². The molecule has 19 heavy (non-hydrogen) atoms. The van der Waals surface area contributed by atoms with Gasteiger partial charge in [0.05, 0.1) is 12.8 Å². The summed E-state index contributed by atoms with van der Waals surface area (Å²) in [6, 6.07) is 9.75. The van der Waals surface area contributed by atoms with Gasteiger partial charge in [0.1, 0.15) is 29.0 Å². The molecule has 0 aliphatic carbocycles. The highest BCUT2D eigenvalue weighted by molar-refractivity contribution is 5.46. The molecule has 0 saturated carbocycles. The van der Waals surface area contributed by atoms with E-state index in [9.17, 15) is 0 Å². The monoisotopic (exact) mass is 254 g/mol. The van der Waals surface area contributed by atoms with Gasteiger partial charge in [-0.15, -0.1) is 0 Å². The third-order valence-corrected chi connectivity index (χ3v) is 2.60. The van der Waals surface area contributed by atoms with Crippen molar-refractivity contribution in [1.29, 1.82) is 5.26 Å². The van der Waals surface area contributed by atoms with Crippen LogP contribution in [0.1, 0.15) is 17.0 Å². The molecule has 0 radical (unpaired) electrons. The Labute approximate surface area is 111 Å². The topological polar surface area (TPSA) is 84.8 Å². The van der Waals surface area contributed by atoms with Crippen LogP contribution in [0, 0.1) is 18.3 Å². The minimum absolute atomic E-state index is 0.211.